The molecule has 0 amide bonds. The minimum Gasteiger partial charge on any atom is -0.354 e. The zero-order chi connectivity index (χ0) is 12.3. The lowest BCUT2D eigenvalue weighted by molar-refractivity contribution is -0.204. The molecule has 0 spiro atoms. The number of benzene rings is 2. The van der Waals surface area contributed by atoms with E-state index < -0.39 is 5.79 Å². The molecule has 90 valence electrons. The Balaban J connectivity index is 2.24. The highest BCUT2D eigenvalue weighted by Gasteiger charge is 2.16. The average Bonchev–Trinajstić information content (AvgIpc) is 2.36. The van der Waals surface area contributed by atoms with Crippen molar-refractivity contribution >= 4 is 10.8 Å². The molecule has 0 fully saturated rings. The van der Waals surface area contributed by atoms with E-state index in [0.717, 1.165) is 0 Å². The molecule has 2 aromatic rings. The molecule has 2 aromatic carbocycles. The molecule has 0 N–H and O–H groups in total. The summed E-state index contributed by atoms with van der Waals surface area (Å²) in [5, 5.41) is 2.48. The Hall–Kier alpha value is -1.38. The smallest absolute Gasteiger partial charge is 0.162 e. The molecule has 0 saturated carbocycles. The van der Waals surface area contributed by atoms with Gasteiger partial charge in [-0.15, -0.1) is 0 Å². The molecule has 0 radical (unpaired) electrons. The van der Waals surface area contributed by atoms with Crippen molar-refractivity contribution in [2.45, 2.75) is 26.2 Å². The maximum Gasteiger partial charge on any atom is 0.162 e. The van der Waals surface area contributed by atoms with Crippen LogP contribution in [0.1, 0.15) is 19.4 Å². The Bertz CT molecular complexity index is 498. The van der Waals surface area contributed by atoms with Crippen LogP contribution in [0.2, 0.25) is 0 Å². The van der Waals surface area contributed by atoms with Crippen LogP contribution in [0.4, 0.5) is 0 Å². The topological polar surface area (TPSA) is 18.5 Å². The zero-order valence-electron chi connectivity index (χ0n) is 10.6. The number of fused-ring (bicyclic) bond motifs is 1. The first-order chi connectivity index (χ1) is 8.12. The second kappa shape index (κ2) is 4.86. The van der Waals surface area contributed by atoms with E-state index in [1.165, 1.54) is 16.3 Å². The number of ether oxygens (including phenoxy) is 2. The summed E-state index contributed by atoms with van der Waals surface area (Å²) in [4.78, 5) is 0. The lowest BCUT2D eigenvalue weighted by Crippen LogP contribution is -2.26. The van der Waals surface area contributed by atoms with Crippen LogP contribution in [-0.4, -0.2) is 12.9 Å². The van der Waals surface area contributed by atoms with Crippen molar-refractivity contribution in [1.82, 2.24) is 0 Å². The van der Waals surface area contributed by atoms with Crippen molar-refractivity contribution in [3.63, 3.8) is 0 Å². The summed E-state index contributed by atoms with van der Waals surface area (Å²) >= 11 is 0. The molecule has 0 aliphatic heterocycles. The first-order valence-corrected chi connectivity index (χ1v) is 5.78. The largest absolute Gasteiger partial charge is 0.354 e. The van der Waals surface area contributed by atoms with Crippen molar-refractivity contribution in [2.75, 3.05) is 7.11 Å². The van der Waals surface area contributed by atoms with Crippen LogP contribution in [0.15, 0.2) is 42.5 Å². The van der Waals surface area contributed by atoms with Gasteiger partial charge in [0, 0.05) is 7.11 Å². The molecule has 0 aliphatic carbocycles. The molecule has 0 heterocycles. The summed E-state index contributed by atoms with van der Waals surface area (Å²) < 4.78 is 11.0. The number of rotatable bonds is 4. The second-order valence-corrected chi connectivity index (χ2v) is 4.53. The summed E-state index contributed by atoms with van der Waals surface area (Å²) in [5.74, 6) is -0.545. The fraction of sp³-hybridized carbons (Fsp3) is 0.333. The van der Waals surface area contributed by atoms with Crippen molar-refractivity contribution in [1.29, 1.82) is 0 Å². The Morgan fingerprint density at radius 3 is 2.47 bits per heavy atom. The number of hydrogen-bond donors (Lipinski definition) is 0. The fourth-order valence-corrected chi connectivity index (χ4v) is 1.73. The molecular weight excluding hydrogens is 212 g/mol. The van der Waals surface area contributed by atoms with Crippen molar-refractivity contribution in [3.8, 4) is 0 Å². The molecule has 2 heteroatoms. The SMILES string of the molecule is COC(C)(C)OCc1cccc2ccccc12. The van der Waals surface area contributed by atoms with Crippen molar-refractivity contribution in [3.05, 3.63) is 48.0 Å². The molecule has 0 unspecified atom stereocenters. The van der Waals surface area contributed by atoms with Crippen LogP contribution in [0.5, 0.6) is 0 Å². The third-order valence-electron chi connectivity index (χ3n) is 2.95. The molecule has 0 saturated heterocycles. The van der Waals surface area contributed by atoms with Crippen LogP contribution in [0.3, 0.4) is 0 Å². The normalized spacial score (nSPS) is 11.9. The van der Waals surface area contributed by atoms with Gasteiger partial charge in [0.1, 0.15) is 0 Å². The Labute approximate surface area is 102 Å². The van der Waals surface area contributed by atoms with Crippen LogP contribution in [0.25, 0.3) is 10.8 Å². The molecule has 17 heavy (non-hydrogen) atoms. The monoisotopic (exact) mass is 230 g/mol. The second-order valence-electron chi connectivity index (χ2n) is 4.53. The minimum atomic E-state index is -0.545. The molecule has 0 aromatic heterocycles. The van der Waals surface area contributed by atoms with Gasteiger partial charge in [-0.2, -0.15) is 0 Å². The van der Waals surface area contributed by atoms with Gasteiger partial charge in [0.15, 0.2) is 5.79 Å². The first-order valence-electron chi connectivity index (χ1n) is 5.78. The maximum atomic E-state index is 5.75. The summed E-state index contributed by atoms with van der Waals surface area (Å²) in [7, 11) is 1.66. The third kappa shape index (κ3) is 2.84. The van der Waals surface area contributed by atoms with Gasteiger partial charge in [0.25, 0.3) is 0 Å². The van der Waals surface area contributed by atoms with Gasteiger partial charge in [-0.25, -0.2) is 0 Å². The molecular formula is C15H18O2. The van der Waals surface area contributed by atoms with E-state index in [-0.39, 0.29) is 0 Å². The predicted octanol–water partition coefficient (Wildman–Crippen LogP) is 3.74. The minimum absolute atomic E-state index is 0.545. The number of methoxy groups -OCH3 is 1. The molecule has 0 bridgehead atoms. The zero-order valence-corrected chi connectivity index (χ0v) is 10.6. The van der Waals surface area contributed by atoms with Gasteiger partial charge in [-0.05, 0) is 30.2 Å². The van der Waals surface area contributed by atoms with E-state index in [4.69, 9.17) is 9.47 Å². The summed E-state index contributed by atoms with van der Waals surface area (Å²) in [6, 6.07) is 14.6. The van der Waals surface area contributed by atoms with Gasteiger partial charge in [-0.1, -0.05) is 42.5 Å². The van der Waals surface area contributed by atoms with E-state index in [1.54, 1.807) is 7.11 Å². The fourth-order valence-electron chi connectivity index (χ4n) is 1.73. The van der Waals surface area contributed by atoms with Crippen LogP contribution in [-0.2, 0) is 16.1 Å². The van der Waals surface area contributed by atoms with Gasteiger partial charge in [0.05, 0.1) is 6.61 Å². The van der Waals surface area contributed by atoms with E-state index in [1.807, 2.05) is 26.0 Å². The van der Waals surface area contributed by atoms with Crippen molar-refractivity contribution in [2.24, 2.45) is 0 Å². The lowest BCUT2D eigenvalue weighted by Gasteiger charge is -2.23. The standard InChI is InChI=1S/C15H18O2/c1-15(2,16-3)17-11-13-9-6-8-12-7-4-5-10-14(12)13/h4-10H,11H2,1-3H3. The average molecular weight is 230 g/mol. The quantitative estimate of drug-likeness (QED) is 0.745. The van der Waals surface area contributed by atoms with Crippen LogP contribution >= 0.6 is 0 Å². The van der Waals surface area contributed by atoms with Gasteiger partial charge in [-0.3, -0.25) is 0 Å². The highest BCUT2D eigenvalue weighted by Crippen LogP contribution is 2.21. The Morgan fingerprint density at radius 2 is 1.71 bits per heavy atom. The Kier molecular flexibility index (Phi) is 3.46. The predicted molar refractivity (Wildman–Crippen MR) is 69.8 cm³/mol. The van der Waals surface area contributed by atoms with Gasteiger partial charge < -0.3 is 9.47 Å². The summed E-state index contributed by atoms with van der Waals surface area (Å²) in [6.45, 7) is 4.39. The highest BCUT2D eigenvalue weighted by atomic mass is 16.7. The Morgan fingerprint density at radius 1 is 1.00 bits per heavy atom. The third-order valence-corrected chi connectivity index (χ3v) is 2.95. The first kappa shape index (κ1) is 12.1. The molecule has 0 atom stereocenters. The van der Waals surface area contributed by atoms with Gasteiger partial charge >= 0.3 is 0 Å². The van der Waals surface area contributed by atoms with Crippen LogP contribution < -0.4 is 0 Å². The lowest BCUT2D eigenvalue weighted by atomic mass is 10.1. The molecule has 2 nitrogen and oxygen atoms in total. The van der Waals surface area contributed by atoms with Crippen molar-refractivity contribution < 1.29 is 9.47 Å². The van der Waals surface area contributed by atoms with Gasteiger partial charge in [0.2, 0.25) is 0 Å². The summed E-state index contributed by atoms with van der Waals surface area (Å²) in [6.07, 6.45) is 0. The molecule has 0 aliphatic rings. The van der Waals surface area contributed by atoms with E-state index >= 15 is 0 Å². The van der Waals surface area contributed by atoms with E-state index in [2.05, 4.69) is 30.3 Å². The van der Waals surface area contributed by atoms with Crippen LogP contribution in [0, 0.1) is 0 Å². The maximum absolute atomic E-state index is 5.75. The molecule has 2 rings (SSSR count). The summed E-state index contributed by atoms with van der Waals surface area (Å²) in [5.41, 5.74) is 1.19. The number of hydrogen-bond acceptors (Lipinski definition) is 2. The van der Waals surface area contributed by atoms with E-state index in [9.17, 15) is 0 Å². The van der Waals surface area contributed by atoms with E-state index in [0.29, 0.717) is 6.61 Å². The highest BCUT2D eigenvalue weighted by molar-refractivity contribution is 5.85.